The summed E-state index contributed by atoms with van der Waals surface area (Å²) in [7, 11) is 0. The molecule has 2 nitrogen and oxygen atoms in total. The molecular formula is C26H27Cl3N2. The van der Waals surface area contributed by atoms with E-state index in [2.05, 4.69) is 54.0 Å². The molecule has 1 unspecified atom stereocenters. The van der Waals surface area contributed by atoms with E-state index in [1.807, 2.05) is 30.3 Å². The molecule has 1 fully saturated rings. The van der Waals surface area contributed by atoms with E-state index >= 15 is 0 Å². The normalized spacial score (nSPS) is 17.2. The van der Waals surface area contributed by atoms with E-state index in [1.54, 1.807) is 0 Å². The van der Waals surface area contributed by atoms with E-state index in [-0.39, 0.29) is 6.04 Å². The van der Waals surface area contributed by atoms with Gasteiger partial charge in [0.25, 0.3) is 0 Å². The lowest BCUT2D eigenvalue weighted by molar-refractivity contribution is 0.226. The second-order valence-corrected chi connectivity index (χ2v) is 9.61. The van der Waals surface area contributed by atoms with Gasteiger partial charge in [-0.15, -0.1) is 0 Å². The smallest absolute Gasteiger partial charge is 0.0670 e. The minimum Gasteiger partial charge on any atom is -0.361 e. The minimum absolute atomic E-state index is 0.199. The molecule has 0 spiro atoms. The van der Waals surface area contributed by atoms with Crippen molar-refractivity contribution in [1.82, 2.24) is 4.90 Å². The van der Waals surface area contributed by atoms with Crippen molar-refractivity contribution in [3.63, 3.8) is 0 Å². The fourth-order valence-electron chi connectivity index (χ4n) is 4.26. The lowest BCUT2D eigenvalue weighted by atomic mass is 10.00. The molecule has 4 rings (SSSR count). The first-order valence-electron chi connectivity index (χ1n) is 10.7. The Morgan fingerprint density at radius 3 is 2.26 bits per heavy atom. The van der Waals surface area contributed by atoms with Gasteiger partial charge in [0.05, 0.1) is 16.8 Å². The molecule has 0 bridgehead atoms. The number of hydrogen-bond acceptors (Lipinski definition) is 2. The lowest BCUT2D eigenvalue weighted by Gasteiger charge is -2.43. The highest BCUT2D eigenvalue weighted by atomic mass is 35.5. The van der Waals surface area contributed by atoms with E-state index in [0.29, 0.717) is 10.0 Å². The third-order valence-corrected chi connectivity index (χ3v) is 7.02. The second-order valence-electron chi connectivity index (χ2n) is 8.33. The number of halogens is 3. The molecule has 0 N–H and O–H groups in total. The number of anilines is 1. The predicted molar refractivity (Wildman–Crippen MR) is 134 cm³/mol. The van der Waals surface area contributed by atoms with Crippen LogP contribution in [-0.2, 0) is 6.42 Å². The van der Waals surface area contributed by atoms with Gasteiger partial charge in [0.2, 0.25) is 0 Å². The molecule has 1 heterocycles. The van der Waals surface area contributed by atoms with Gasteiger partial charge >= 0.3 is 0 Å². The van der Waals surface area contributed by atoms with Crippen molar-refractivity contribution >= 4 is 40.5 Å². The maximum atomic E-state index is 6.59. The summed E-state index contributed by atoms with van der Waals surface area (Å²) in [4.78, 5) is 4.95. The summed E-state index contributed by atoms with van der Waals surface area (Å²) in [6.45, 7) is 8.22. The van der Waals surface area contributed by atoms with Gasteiger partial charge in [0.15, 0.2) is 0 Å². The van der Waals surface area contributed by atoms with Crippen molar-refractivity contribution in [2.24, 2.45) is 0 Å². The number of rotatable bonds is 5. The fraction of sp³-hybridized carbons (Fsp3) is 0.308. The molecule has 1 saturated heterocycles. The number of aryl methyl sites for hydroxylation is 2. The average Bonchev–Trinajstić information content (AvgIpc) is 2.75. The quantitative estimate of drug-likeness (QED) is 0.381. The number of nitrogens with zero attached hydrogens (tertiary/aromatic N) is 2. The third kappa shape index (κ3) is 5.38. The molecule has 0 radical (unpaired) electrons. The van der Waals surface area contributed by atoms with Crippen LogP contribution in [0.3, 0.4) is 0 Å². The SMILES string of the molecule is Cc1ccc(CCN2CCN(c3ccc(Cl)cc3Cl)C(c3ccc(Cl)cc3)C2)cc1C. The Balaban J connectivity index is 1.55. The highest BCUT2D eigenvalue weighted by Gasteiger charge is 2.29. The van der Waals surface area contributed by atoms with Gasteiger partial charge in [-0.1, -0.05) is 65.1 Å². The van der Waals surface area contributed by atoms with Crippen molar-refractivity contribution in [3.05, 3.63) is 98.0 Å². The molecule has 0 aromatic heterocycles. The van der Waals surface area contributed by atoms with Crippen LogP contribution >= 0.6 is 34.8 Å². The van der Waals surface area contributed by atoms with Crippen molar-refractivity contribution in [1.29, 1.82) is 0 Å². The third-order valence-electron chi connectivity index (χ3n) is 6.23. The summed E-state index contributed by atoms with van der Waals surface area (Å²) >= 11 is 18.9. The van der Waals surface area contributed by atoms with Crippen LogP contribution < -0.4 is 4.90 Å². The predicted octanol–water partition coefficient (Wildman–Crippen LogP) is 7.37. The summed E-state index contributed by atoms with van der Waals surface area (Å²) in [5.74, 6) is 0. The number of hydrogen-bond donors (Lipinski definition) is 0. The lowest BCUT2D eigenvalue weighted by Crippen LogP contribution is -2.49. The topological polar surface area (TPSA) is 6.48 Å². The zero-order chi connectivity index (χ0) is 22.0. The van der Waals surface area contributed by atoms with E-state index in [9.17, 15) is 0 Å². The van der Waals surface area contributed by atoms with E-state index in [4.69, 9.17) is 34.8 Å². The van der Waals surface area contributed by atoms with Gasteiger partial charge in [-0.3, -0.25) is 4.90 Å². The van der Waals surface area contributed by atoms with E-state index < -0.39 is 0 Å². The Kier molecular flexibility index (Phi) is 7.13. The standard InChI is InChI=1S/C26H27Cl3N2/c1-18-3-4-20(15-19(18)2)11-12-30-13-14-31(25-10-9-23(28)16-24(25)29)26(17-30)21-5-7-22(27)8-6-21/h3-10,15-16,26H,11-14,17H2,1-2H3. The Labute approximate surface area is 200 Å². The molecule has 1 aliphatic rings. The first-order chi connectivity index (χ1) is 14.9. The summed E-state index contributed by atoms with van der Waals surface area (Å²) in [6, 6.07) is 20.9. The molecular weight excluding hydrogens is 447 g/mol. The maximum absolute atomic E-state index is 6.59. The zero-order valence-corrected chi connectivity index (χ0v) is 20.2. The monoisotopic (exact) mass is 472 g/mol. The minimum atomic E-state index is 0.199. The Bertz CT molecular complexity index is 1050. The number of piperazine rings is 1. The van der Waals surface area contributed by atoms with E-state index in [1.165, 1.54) is 22.3 Å². The zero-order valence-electron chi connectivity index (χ0n) is 17.9. The van der Waals surface area contributed by atoms with Gasteiger partial charge < -0.3 is 4.90 Å². The van der Waals surface area contributed by atoms with E-state index in [0.717, 1.165) is 43.3 Å². The summed E-state index contributed by atoms with van der Waals surface area (Å²) < 4.78 is 0. The molecule has 0 saturated carbocycles. The van der Waals surface area contributed by atoms with Crippen LogP contribution in [-0.4, -0.2) is 31.1 Å². The Hall–Kier alpha value is -1.71. The maximum Gasteiger partial charge on any atom is 0.0670 e. The van der Waals surface area contributed by atoms with Crippen LogP contribution in [0.4, 0.5) is 5.69 Å². The molecule has 1 aliphatic heterocycles. The van der Waals surface area contributed by atoms with Crippen LogP contribution in [0.2, 0.25) is 15.1 Å². The first-order valence-corrected chi connectivity index (χ1v) is 11.8. The van der Waals surface area contributed by atoms with Crippen molar-refractivity contribution in [3.8, 4) is 0 Å². The van der Waals surface area contributed by atoms with Crippen molar-refractivity contribution in [2.45, 2.75) is 26.3 Å². The molecule has 3 aromatic carbocycles. The highest BCUT2D eigenvalue weighted by molar-refractivity contribution is 6.36. The van der Waals surface area contributed by atoms with Gasteiger partial charge in [-0.2, -0.15) is 0 Å². The van der Waals surface area contributed by atoms with Gasteiger partial charge in [0, 0.05) is 36.2 Å². The van der Waals surface area contributed by atoms with Crippen LogP contribution in [0.1, 0.15) is 28.3 Å². The summed E-state index contributed by atoms with van der Waals surface area (Å²) in [5, 5.41) is 2.10. The molecule has 0 amide bonds. The molecule has 5 heteroatoms. The van der Waals surface area contributed by atoms with Gasteiger partial charge in [-0.05, 0) is 72.9 Å². The fourth-order valence-corrected chi connectivity index (χ4v) is 4.90. The molecule has 162 valence electrons. The van der Waals surface area contributed by atoms with Gasteiger partial charge in [-0.25, -0.2) is 0 Å². The molecule has 0 aliphatic carbocycles. The van der Waals surface area contributed by atoms with Crippen LogP contribution in [0, 0.1) is 13.8 Å². The van der Waals surface area contributed by atoms with Crippen molar-refractivity contribution in [2.75, 3.05) is 31.1 Å². The first kappa shape index (κ1) is 22.5. The highest BCUT2D eigenvalue weighted by Crippen LogP contribution is 2.36. The second kappa shape index (κ2) is 9.83. The molecule has 3 aromatic rings. The van der Waals surface area contributed by atoms with Crippen LogP contribution in [0.25, 0.3) is 0 Å². The average molecular weight is 474 g/mol. The van der Waals surface area contributed by atoms with Gasteiger partial charge in [0.1, 0.15) is 0 Å². The Morgan fingerprint density at radius 1 is 0.806 bits per heavy atom. The van der Waals surface area contributed by atoms with Crippen LogP contribution in [0.5, 0.6) is 0 Å². The Morgan fingerprint density at radius 2 is 1.55 bits per heavy atom. The summed E-state index contributed by atoms with van der Waals surface area (Å²) in [5.41, 5.74) is 6.37. The molecule has 1 atom stereocenters. The van der Waals surface area contributed by atoms with Crippen molar-refractivity contribution < 1.29 is 0 Å². The van der Waals surface area contributed by atoms with Crippen LogP contribution in [0.15, 0.2) is 60.7 Å². The largest absolute Gasteiger partial charge is 0.361 e. The molecule has 31 heavy (non-hydrogen) atoms. The summed E-state index contributed by atoms with van der Waals surface area (Å²) in [6.07, 6.45) is 1.05. The number of benzene rings is 3.